The molecule has 2 aromatic rings. The maximum absolute atomic E-state index is 11.7. The highest BCUT2D eigenvalue weighted by Crippen LogP contribution is 2.17. The number of hydrogen-bond donors (Lipinski definition) is 1. The fourth-order valence-electron chi connectivity index (χ4n) is 1.93. The highest BCUT2D eigenvalue weighted by atomic mass is 32.1. The van der Waals surface area contributed by atoms with Crippen LogP contribution in [0.3, 0.4) is 0 Å². The average molecular weight is 289 g/mol. The van der Waals surface area contributed by atoms with Crippen LogP contribution < -0.4 is 4.90 Å². The zero-order valence-electron chi connectivity index (χ0n) is 11.1. The van der Waals surface area contributed by atoms with Crippen molar-refractivity contribution in [2.24, 2.45) is 0 Å². The van der Waals surface area contributed by atoms with Crippen molar-refractivity contribution in [1.29, 1.82) is 0 Å². The number of carbonyl (C=O) groups excluding carboxylic acids is 1. The van der Waals surface area contributed by atoms with Crippen molar-refractivity contribution in [3.63, 3.8) is 0 Å². The van der Waals surface area contributed by atoms with E-state index >= 15 is 0 Å². The lowest BCUT2D eigenvalue weighted by Crippen LogP contribution is -2.30. The first kappa shape index (κ1) is 14.3. The predicted octanol–water partition coefficient (Wildman–Crippen LogP) is 3.04. The summed E-state index contributed by atoms with van der Waals surface area (Å²) in [5.74, 6) is -1.02. The Morgan fingerprint density at radius 2 is 1.90 bits per heavy atom. The second kappa shape index (κ2) is 6.34. The fraction of sp³-hybridized carbons (Fsp3) is 0.200. The lowest BCUT2D eigenvalue weighted by molar-refractivity contribution is -0.116. The number of aromatic carboxylic acids is 1. The molecule has 0 bridgehead atoms. The van der Waals surface area contributed by atoms with Gasteiger partial charge in [0.25, 0.3) is 0 Å². The second-order valence-corrected chi connectivity index (χ2v) is 5.18. The van der Waals surface area contributed by atoms with Gasteiger partial charge in [-0.05, 0) is 53.1 Å². The first-order valence-corrected chi connectivity index (χ1v) is 7.15. The van der Waals surface area contributed by atoms with Crippen LogP contribution in [0.15, 0.2) is 41.1 Å². The van der Waals surface area contributed by atoms with Crippen LogP contribution in [0.5, 0.6) is 0 Å². The topological polar surface area (TPSA) is 57.6 Å². The first-order valence-electron chi connectivity index (χ1n) is 6.20. The smallest absolute Gasteiger partial charge is 0.335 e. The lowest BCUT2D eigenvalue weighted by atomic mass is 10.1. The number of rotatable bonds is 5. The molecule has 0 fully saturated rings. The Bertz CT molecular complexity index is 590. The van der Waals surface area contributed by atoms with Crippen molar-refractivity contribution in [3.8, 4) is 0 Å². The Morgan fingerprint density at radius 3 is 2.40 bits per heavy atom. The van der Waals surface area contributed by atoms with Crippen LogP contribution in [0.1, 0.15) is 22.8 Å². The number of carboxylic acid groups (broad SMARTS) is 1. The van der Waals surface area contributed by atoms with E-state index in [1.54, 1.807) is 28.4 Å². The predicted molar refractivity (Wildman–Crippen MR) is 79.5 cm³/mol. The van der Waals surface area contributed by atoms with E-state index in [0.29, 0.717) is 6.54 Å². The van der Waals surface area contributed by atoms with Gasteiger partial charge in [0.1, 0.15) is 0 Å². The van der Waals surface area contributed by atoms with Gasteiger partial charge >= 0.3 is 5.97 Å². The number of nitrogens with zero attached hydrogens (tertiary/aromatic N) is 1. The van der Waals surface area contributed by atoms with Gasteiger partial charge in [0.05, 0.1) is 5.56 Å². The molecule has 5 heteroatoms. The van der Waals surface area contributed by atoms with Crippen molar-refractivity contribution in [2.45, 2.75) is 13.3 Å². The van der Waals surface area contributed by atoms with E-state index in [2.05, 4.69) is 5.38 Å². The summed E-state index contributed by atoms with van der Waals surface area (Å²) in [6.45, 7) is 2.09. The number of amides is 1. The molecule has 104 valence electrons. The zero-order chi connectivity index (χ0) is 14.5. The molecule has 0 unspecified atom stereocenters. The maximum Gasteiger partial charge on any atom is 0.335 e. The molecule has 20 heavy (non-hydrogen) atoms. The van der Waals surface area contributed by atoms with Gasteiger partial charge in [-0.25, -0.2) is 4.79 Å². The Balaban J connectivity index is 2.11. The summed E-state index contributed by atoms with van der Waals surface area (Å²) < 4.78 is 0. The standard InChI is InChI=1S/C15H15NO3S/c1-11(17)16(8-6-12-7-9-20-10-12)14-4-2-13(3-5-14)15(18)19/h2-5,7,9-10H,6,8H2,1H3,(H,18,19). The Morgan fingerprint density at radius 1 is 1.20 bits per heavy atom. The van der Waals surface area contributed by atoms with E-state index in [0.717, 1.165) is 12.1 Å². The van der Waals surface area contributed by atoms with Crippen molar-refractivity contribution in [2.75, 3.05) is 11.4 Å². The molecule has 0 aliphatic rings. The third-order valence-corrected chi connectivity index (χ3v) is 3.74. The minimum Gasteiger partial charge on any atom is -0.478 e. The third-order valence-electron chi connectivity index (χ3n) is 3.01. The molecular formula is C15H15NO3S. The largest absolute Gasteiger partial charge is 0.478 e. The summed E-state index contributed by atoms with van der Waals surface area (Å²) in [6, 6.07) is 8.39. The molecule has 1 amide bonds. The Kier molecular flexibility index (Phi) is 4.53. The van der Waals surface area contributed by atoms with Crippen molar-refractivity contribution in [1.82, 2.24) is 0 Å². The summed E-state index contributed by atoms with van der Waals surface area (Å²) in [5, 5.41) is 12.9. The summed E-state index contributed by atoms with van der Waals surface area (Å²) in [7, 11) is 0. The van der Waals surface area contributed by atoms with Gasteiger partial charge in [-0.3, -0.25) is 4.79 Å². The van der Waals surface area contributed by atoms with Crippen molar-refractivity contribution < 1.29 is 14.7 Å². The number of benzene rings is 1. The molecule has 4 nitrogen and oxygen atoms in total. The number of carboxylic acids is 1. The SMILES string of the molecule is CC(=O)N(CCc1ccsc1)c1ccc(C(=O)O)cc1. The molecule has 0 atom stereocenters. The van der Waals surface area contributed by atoms with E-state index < -0.39 is 5.97 Å². The number of anilines is 1. The van der Waals surface area contributed by atoms with E-state index in [9.17, 15) is 9.59 Å². The first-order chi connectivity index (χ1) is 9.58. The van der Waals surface area contributed by atoms with Gasteiger partial charge in [-0.2, -0.15) is 11.3 Å². The highest BCUT2D eigenvalue weighted by Gasteiger charge is 2.12. The Labute approximate surface area is 121 Å². The van der Waals surface area contributed by atoms with Gasteiger partial charge in [-0.1, -0.05) is 0 Å². The van der Waals surface area contributed by atoms with E-state index in [1.807, 2.05) is 11.4 Å². The van der Waals surface area contributed by atoms with Crippen LogP contribution in [0.25, 0.3) is 0 Å². The van der Waals surface area contributed by atoms with Crippen LogP contribution in [0.4, 0.5) is 5.69 Å². The molecule has 0 saturated heterocycles. The summed E-state index contributed by atoms with van der Waals surface area (Å²) in [4.78, 5) is 24.2. The molecule has 0 radical (unpaired) electrons. The van der Waals surface area contributed by atoms with Gasteiger partial charge in [-0.15, -0.1) is 0 Å². The van der Waals surface area contributed by atoms with Crippen molar-refractivity contribution in [3.05, 3.63) is 52.2 Å². The van der Waals surface area contributed by atoms with Crippen LogP contribution >= 0.6 is 11.3 Å². The fourth-order valence-corrected chi connectivity index (χ4v) is 2.63. The number of hydrogen-bond acceptors (Lipinski definition) is 3. The summed E-state index contributed by atoms with van der Waals surface area (Å²) >= 11 is 1.63. The van der Waals surface area contributed by atoms with Gasteiger partial charge < -0.3 is 10.0 Å². The molecule has 2 rings (SSSR count). The van der Waals surface area contributed by atoms with Gasteiger partial charge in [0, 0.05) is 19.2 Å². The van der Waals surface area contributed by atoms with Crippen molar-refractivity contribution >= 4 is 28.9 Å². The van der Waals surface area contributed by atoms with Crippen LogP contribution in [0.2, 0.25) is 0 Å². The molecule has 0 aliphatic heterocycles. The molecule has 1 aromatic heterocycles. The highest BCUT2D eigenvalue weighted by molar-refractivity contribution is 7.07. The normalized spacial score (nSPS) is 10.2. The number of carbonyl (C=O) groups is 2. The minimum absolute atomic E-state index is 0.0525. The molecule has 1 N–H and O–H groups in total. The Hall–Kier alpha value is -2.14. The van der Waals surface area contributed by atoms with E-state index in [1.165, 1.54) is 24.6 Å². The molecule has 0 aliphatic carbocycles. The maximum atomic E-state index is 11.7. The molecule has 0 saturated carbocycles. The monoisotopic (exact) mass is 289 g/mol. The molecular weight excluding hydrogens is 274 g/mol. The van der Waals surface area contributed by atoms with Gasteiger partial charge in [0.2, 0.25) is 5.91 Å². The van der Waals surface area contributed by atoms with E-state index in [4.69, 9.17) is 5.11 Å². The quantitative estimate of drug-likeness (QED) is 0.920. The average Bonchev–Trinajstić information content (AvgIpc) is 2.92. The molecule has 0 spiro atoms. The lowest BCUT2D eigenvalue weighted by Gasteiger charge is -2.21. The third kappa shape index (κ3) is 3.45. The van der Waals surface area contributed by atoms with Crippen LogP contribution in [-0.4, -0.2) is 23.5 Å². The summed E-state index contributed by atoms with van der Waals surface area (Å²) in [5.41, 5.74) is 2.14. The molecule has 1 heterocycles. The van der Waals surface area contributed by atoms with E-state index in [-0.39, 0.29) is 11.5 Å². The molecule has 1 aromatic carbocycles. The second-order valence-electron chi connectivity index (χ2n) is 4.40. The number of thiophene rings is 1. The summed E-state index contributed by atoms with van der Waals surface area (Å²) in [6.07, 6.45) is 0.782. The van der Waals surface area contributed by atoms with Crippen LogP contribution in [-0.2, 0) is 11.2 Å². The van der Waals surface area contributed by atoms with Crippen LogP contribution in [0, 0.1) is 0 Å². The minimum atomic E-state index is -0.968. The zero-order valence-corrected chi connectivity index (χ0v) is 11.9. The van der Waals surface area contributed by atoms with Gasteiger partial charge in [0.15, 0.2) is 0 Å².